The maximum absolute atomic E-state index is 10.9. The average Bonchev–Trinajstić information content (AvgIpc) is 3.87. The van der Waals surface area contributed by atoms with Crippen molar-refractivity contribution < 1.29 is 79.5 Å². The van der Waals surface area contributed by atoms with Gasteiger partial charge in [0.2, 0.25) is 11.6 Å². The Morgan fingerprint density at radius 1 is 0.565 bits per heavy atom. The van der Waals surface area contributed by atoms with Gasteiger partial charge in [-0.2, -0.15) is 0 Å². The first-order valence-corrected chi connectivity index (χ1v) is 20.7. The fraction of sp³-hybridized carbons (Fsp3) is 0.455. The number of benzene rings is 4. The van der Waals surface area contributed by atoms with Crippen molar-refractivity contribution in [3.8, 4) is 11.5 Å². The number of hydrogen-bond donors (Lipinski definition) is 10. The second kappa shape index (κ2) is 18.2. The quantitative estimate of drug-likeness (QED) is 0.0971. The van der Waals surface area contributed by atoms with Crippen molar-refractivity contribution in [1.82, 2.24) is 0 Å². The molecule has 4 aliphatic rings. The lowest BCUT2D eigenvalue weighted by atomic mass is 9.83. The van der Waals surface area contributed by atoms with Crippen LogP contribution in [-0.4, -0.2) is 139 Å². The average molecular weight is 906 g/mol. The van der Waals surface area contributed by atoms with Gasteiger partial charge < -0.3 is 79.5 Å². The number of aliphatic hydroxyl groups excluding tert-OH is 10. The first-order valence-electron chi connectivity index (χ1n) is 20.0. The molecule has 336 valence electrons. The molecule has 4 aromatic rings. The van der Waals surface area contributed by atoms with Gasteiger partial charge in [-0.15, -0.1) is 0 Å². The van der Waals surface area contributed by atoms with Crippen LogP contribution in [0.25, 0.3) is 0 Å². The summed E-state index contributed by atoms with van der Waals surface area (Å²) in [6.45, 7) is 3.09. The molecule has 8 rings (SSSR count). The van der Waals surface area contributed by atoms with Gasteiger partial charge in [0.05, 0.1) is 39.6 Å². The Morgan fingerprint density at radius 3 is 1.24 bits per heavy atom. The first kappa shape index (κ1) is 46.5. The topological polar surface area (TPSA) is 258 Å². The summed E-state index contributed by atoms with van der Waals surface area (Å²) in [7, 11) is 0. The third kappa shape index (κ3) is 7.89. The highest BCUT2D eigenvalue weighted by atomic mass is 35.5. The minimum Gasteiger partial charge on any atom is -0.494 e. The molecule has 0 saturated carbocycles. The van der Waals surface area contributed by atoms with E-state index < -0.39 is 84.8 Å². The fourth-order valence-electron chi connectivity index (χ4n) is 8.28. The van der Waals surface area contributed by atoms with Crippen LogP contribution in [-0.2, 0) is 30.5 Å². The zero-order valence-corrected chi connectivity index (χ0v) is 35.1. The molecule has 0 spiro atoms. The van der Waals surface area contributed by atoms with Crippen molar-refractivity contribution in [3.63, 3.8) is 0 Å². The molecule has 0 unspecified atom stereocenters. The fourth-order valence-corrected chi connectivity index (χ4v) is 8.72. The van der Waals surface area contributed by atoms with E-state index in [2.05, 4.69) is 0 Å². The zero-order chi connectivity index (χ0) is 44.8. The van der Waals surface area contributed by atoms with Gasteiger partial charge in [0.1, 0.15) is 71.5 Å². The highest BCUT2D eigenvalue weighted by Crippen LogP contribution is 2.52. The molecular weight excluding hydrogens is 855 g/mol. The predicted molar refractivity (Wildman–Crippen MR) is 219 cm³/mol. The van der Waals surface area contributed by atoms with E-state index in [1.54, 1.807) is 48.5 Å². The molecule has 0 aliphatic carbocycles. The van der Waals surface area contributed by atoms with E-state index in [0.29, 0.717) is 47.0 Å². The van der Waals surface area contributed by atoms with Gasteiger partial charge in [0, 0.05) is 32.3 Å². The first-order chi connectivity index (χ1) is 29.6. The molecule has 16 nitrogen and oxygen atoms in total. The van der Waals surface area contributed by atoms with Crippen LogP contribution < -0.4 is 9.47 Å². The molecule has 12 atom stereocenters. The van der Waals surface area contributed by atoms with E-state index in [9.17, 15) is 51.1 Å². The van der Waals surface area contributed by atoms with Crippen LogP contribution in [0, 0.1) is 0 Å². The van der Waals surface area contributed by atoms with Gasteiger partial charge in [-0.25, -0.2) is 0 Å². The number of aliphatic hydroxyl groups is 10. The van der Waals surface area contributed by atoms with Crippen molar-refractivity contribution in [3.05, 3.63) is 128 Å². The van der Waals surface area contributed by atoms with Crippen molar-refractivity contribution in [2.24, 2.45) is 0 Å². The van der Waals surface area contributed by atoms with E-state index >= 15 is 0 Å². The van der Waals surface area contributed by atoms with E-state index in [4.69, 9.17) is 51.6 Å². The molecule has 0 radical (unpaired) electrons. The summed E-state index contributed by atoms with van der Waals surface area (Å²) >= 11 is 12.7. The van der Waals surface area contributed by atoms with Crippen molar-refractivity contribution in [1.29, 1.82) is 0 Å². The zero-order valence-electron chi connectivity index (χ0n) is 33.6. The van der Waals surface area contributed by atoms with Gasteiger partial charge in [-0.1, -0.05) is 59.6 Å². The smallest absolute Gasteiger partial charge is 0.225 e. The molecule has 0 amide bonds. The third-order valence-corrected chi connectivity index (χ3v) is 12.5. The van der Waals surface area contributed by atoms with E-state index in [1.807, 2.05) is 13.8 Å². The number of halogens is 2. The summed E-state index contributed by atoms with van der Waals surface area (Å²) in [4.78, 5) is 0. The Bertz CT molecular complexity index is 2030. The summed E-state index contributed by atoms with van der Waals surface area (Å²) in [5.74, 6) is -2.33. The molecular formula is C44H50Cl2O16. The van der Waals surface area contributed by atoms with Crippen LogP contribution in [0.5, 0.6) is 11.5 Å². The summed E-state index contributed by atoms with van der Waals surface area (Å²) < 4.78 is 34.0. The Morgan fingerprint density at radius 2 is 0.919 bits per heavy atom. The molecule has 4 bridgehead atoms. The normalized spacial score (nSPS) is 33.3. The standard InChI is InChI=1S/2C22H25ClO8/c2*1-2-29-14-6-3-12(4-7-14)17(25)15-9-13(5-8-16(15)23)22-20(28)18(26)19(27)21(10-24,31-22)11-30-22/h2*3-9,17-20,24-28H,2,10-11H2,1H3/t17-,18+,19+,20-,21+,22+;17-,18-,19-,20+,21-,22-/m10/s1. The SMILES string of the molecule is CCOc1ccc([C@@H](O)c2cc([C@]34OC[C@](CO)(O3)[C@@H](O)[C@H](O)[C@H]4O)ccc2Cl)cc1.CCOc1ccc([C@H](O)c2cc([C@]34OC[C@](CO)(O3)[C@@H](O)[C@H](O)[C@H]4O)ccc2Cl)cc1. The molecule has 4 saturated heterocycles. The van der Waals surface area contributed by atoms with Gasteiger partial charge in [-0.3, -0.25) is 0 Å². The lowest BCUT2D eigenvalue weighted by Crippen LogP contribution is -2.65. The van der Waals surface area contributed by atoms with Gasteiger partial charge in [0.25, 0.3) is 0 Å². The minimum atomic E-state index is -1.83. The van der Waals surface area contributed by atoms with Crippen LogP contribution in [0.15, 0.2) is 84.9 Å². The van der Waals surface area contributed by atoms with E-state index in [-0.39, 0.29) is 34.4 Å². The van der Waals surface area contributed by atoms with Crippen molar-refractivity contribution in [2.75, 3.05) is 39.6 Å². The molecule has 4 heterocycles. The summed E-state index contributed by atoms with van der Waals surface area (Å²) in [5, 5.41) is 105. The predicted octanol–water partition coefficient (Wildman–Crippen LogP) is 1.69. The lowest BCUT2D eigenvalue weighted by molar-refractivity contribution is -0.329. The molecule has 62 heavy (non-hydrogen) atoms. The Balaban J connectivity index is 0.000000186. The molecule has 4 fully saturated rings. The van der Waals surface area contributed by atoms with Crippen molar-refractivity contribution >= 4 is 23.2 Å². The van der Waals surface area contributed by atoms with Gasteiger partial charge in [-0.05, 0) is 73.5 Å². The lowest BCUT2D eigenvalue weighted by Gasteiger charge is -2.46. The maximum atomic E-state index is 10.9. The Hall–Kier alpha value is -3.50. The molecule has 4 aromatic carbocycles. The van der Waals surface area contributed by atoms with Crippen LogP contribution in [0.3, 0.4) is 0 Å². The number of rotatable bonds is 12. The van der Waals surface area contributed by atoms with Gasteiger partial charge >= 0.3 is 0 Å². The maximum Gasteiger partial charge on any atom is 0.225 e. The third-order valence-electron chi connectivity index (χ3n) is 11.9. The summed E-state index contributed by atoms with van der Waals surface area (Å²) in [6, 6.07) is 23.0. The highest BCUT2D eigenvalue weighted by molar-refractivity contribution is 6.31. The Kier molecular flexibility index (Phi) is 13.6. The molecule has 10 N–H and O–H groups in total. The van der Waals surface area contributed by atoms with Crippen LogP contribution in [0.2, 0.25) is 10.0 Å². The number of ether oxygens (including phenoxy) is 6. The second-order valence-electron chi connectivity index (χ2n) is 15.6. The van der Waals surface area contributed by atoms with Crippen LogP contribution in [0.4, 0.5) is 0 Å². The highest BCUT2D eigenvalue weighted by Gasteiger charge is 2.68. The largest absolute Gasteiger partial charge is 0.494 e. The van der Waals surface area contributed by atoms with Gasteiger partial charge in [0.15, 0.2) is 0 Å². The second-order valence-corrected chi connectivity index (χ2v) is 16.4. The van der Waals surface area contributed by atoms with Crippen LogP contribution in [0.1, 0.15) is 59.4 Å². The summed E-state index contributed by atoms with van der Waals surface area (Å²) in [5.41, 5.74) is -0.789. The summed E-state index contributed by atoms with van der Waals surface area (Å²) in [6.07, 6.45) is -11.8. The monoisotopic (exact) mass is 904 g/mol. The molecule has 4 aliphatic heterocycles. The van der Waals surface area contributed by atoms with E-state index in [1.165, 1.54) is 36.4 Å². The van der Waals surface area contributed by atoms with Crippen molar-refractivity contribution in [2.45, 2.75) is 85.5 Å². The number of fused-ring (bicyclic) bond motifs is 4. The Labute approximate surface area is 366 Å². The molecule has 18 heteroatoms. The van der Waals surface area contributed by atoms with E-state index in [0.717, 1.165) is 0 Å². The van der Waals surface area contributed by atoms with Crippen LogP contribution >= 0.6 is 23.2 Å². The minimum absolute atomic E-state index is 0.238. The number of hydrogen-bond acceptors (Lipinski definition) is 16. The molecule has 0 aromatic heterocycles.